The van der Waals surface area contributed by atoms with E-state index in [4.69, 9.17) is 4.74 Å². The predicted molar refractivity (Wildman–Crippen MR) is 53.7 cm³/mol. The highest BCUT2D eigenvalue weighted by Crippen LogP contribution is 2.35. The monoisotopic (exact) mass is 176 g/mol. The van der Waals surface area contributed by atoms with Crippen LogP contribution >= 0.6 is 0 Å². The second kappa shape index (κ2) is 3.15. The Kier molecular flexibility index (Phi) is 2.12. The summed E-state index contributed by atoms with van der Waals surface area (Å²) < 4.78 is 5.77. The summed E-state index contributed by atoms with van der Waals surface area (Å²) in [7, 11) is 0. The molecule has 1 aromatic carbocycles. The lowest BCUT2D eigenvalue weighted by molar-refractivity contribution is 0.0168. The Balaban J connectivity index is 2.29. The van der Waals surface area contributed by atoms with Crippen LogP contribution in [0.1, 0.15) is 30.9 Å². The molecule has 2 rings (SSSR count). The van der Waals surface area contributed by atoms with Crippen LogP contribution in [0.2, 0.25) is 0 Å². The minimum atomic E-state index is -0.0201. The maximum atomic E-state index is 5.77. The van der Waals surface area contributed by atoms with Crippen LogP contribution in [0.3, 0.4) is 0 Å². The van der Waals surface area contributed by atoms with Gasteiger partial charge in [-0.05, 0) is 32.3 Å². The molecule has 13 heavy (non-hydrogen) atoms. The van der Waals surface area contributed by atoms with Crippen molar-refractivity contribution in [3.05, 3.63) is 35.4 Å². The Morgan fingerprint density at radius 1 is 1.23 bits per heavy atom. The molecule has 1 fully saturated rings. The summed E-state index contributed by atoms with van der Waals surface area (Å²) in [6, 6.07) is 8.67. The van der Waals surface area contributed by atoms with Gasteiger partial charge in [-0.2, -0.15) is 0 Å². The van der Waals surface area contributed by atoms with Crippen LogP contribution in [0.15, 0.2) is 24.3 Å². The molecule has 1 aliphatic rings. The number of rotatable bonds is 1. The van der Waals surface area contributed by atoms with Crippen molar-refractivity contribution < 1.29 is 4.74 Å². The normalized spacial score (nSPS) is 27.8. The molecule has 1 atom stereocenters. The van der Waals surface area contributed by atoms with E-state index in [2.05, 4.69) is 38.1 Å². The average molecular weight is 176 g/mol. The lowest BCUT2D eigenvalue weighted by Gasteiger charge is -2.23. The highest BCUT2D eigenvalue weighted by atomic mass is 16.5. The van der Waals surface area contributed by atoms with E-state index in [1.54, 1.807) is 0 Å². The van der Waals surface area contributed by atoms with Crippen molar-refractivity contribution in [3.8, 4) is 0 Å². The van der Waals surface area contributed by atoms with Gasteiger partial charge in [0.1, 0.15) is 0 Å². The van der Waals surface area contributed by atoms with Gasteiger partial charge in [0.2, 0.25) is 0 Å². The van der Waals surface area contributed by atoms with Gasteiger partial charge < -0.3 is 4.74 Å². The number of hydrogen-bond donors (Lipinski definition) is 0. The van der Waals surface area contributed by atoms with Crippen LogP contribution in [-0.4, -0.2) is 6.61 Å². The number of aryl methyl sites for hydroxylation is 1. The fourth-order valence-electron chi connectivity index (χ4n) is 1.91. The van der Waals surface area contributed by atoms with Gasteiger partial charge in [-0.15, -0.1) is 0 Å². The standard InChI is InChI=1S/C12H16O/c1-10-4-6-11(7-5-10)12(2)8-3-9-13-12/h4-7H,3,8-9H2,1-2H3. The van der Waals surface area contributed by atoms with Crippen molar-refractivity contribution in [3.63, 3.8) is 0 Å². The van der Waals surface area contributed by atoms with Crippen molar-refractivity contribution in [1.82, 2.24) is 0 Å². The van der Waals surface area contributed by atoms with Gasteiger partial charge in [0.05, 0.1) is 5.60 Å². The Bertz CT molecular complexity index is 280. The van der Waals surface area contributed by atoms with Gasteiger partial charge in [-0.3, -0.25) is 0 Å². The minimum absolute atomic E-state index is 0.0201. The summed E-state index contributed by atoms with van der Waals surface area (Å²) in [6.45, 7) is 5.21. The van der Waals surface area contributed by atoms with E-state index in [-0.39, 0.29) is 5.60 Å². The highest BCUT2D eigenvalue weighted by molar-refractivity contribution is 5.26. The van der Waals surface area contributed by atoms with E-state index >= 15 is 0 Å². The average Bonchev–Trinajstić information content (AvgIpc) is 2.54. The first kappa shape index (κ1) is 8.76. The zero-order valence-electron chi connectivity index (χ0n) is 8.34. The van der Waals surface area contributed by atoms with Crippen LogP contribution in [0.4, 0.5) is 0 Å². The molecule has 1 nitrogen and oxygen atoms in total. The molecule has 1 aromatic rings. The number of hydrogen-bond acceptors (Lipinski definition) is 1. The molecule has 0 N–H and O–H groups in total. The van der Waals surface area contributed by atoms with E-state index in [1.165, 1.54) is 17.5 Å². The fraction of sp³-hybridized carbons (Fsp3) is 0.500. The lowest BCUT2D eigenvalue weighted by atomic mass is 9.92. The molecule has 70 valence electrons. The first-order valence-electron chi connectivity index (χ1n) is 4.92. The summed E-state index contributed by atoms with van der Waals surface area (Å²) in [5.41, 5.74) is 2.61. The van der Waals surface area contributed by atoms with Crippen molar-refractivity contribution in [2.45, 2.75) is 32.3 Å². The van der Waals surface area contributed by atoms with Crippen molar-refractivity contribution in [2.75, 3.05) is 6.61 Å². The van der Waals surface area contributed by atoms with E-state index in [9.17, 15) is 0 Å². The molecular formula is C12H16O. The fourth-order valence-corrected chi connectivity index (χ4v) is 1.91. The lowest BCUT2D eigenvalue weighted by Crippen LogP contribution is -2.19. The molecule has 0 saturated carbocycles. The molecule has 0 bridgehead atoms. The Morgan fingerprint density at radius 2 is 1.92 bits per heavy atom. The summed E-state index contributed by atoms with van der Waals surface area (Å²) in [6.07, 6.45) is 2.33. The number of ether oxygens (including phenoxy) is 1. The summed E-state index contributed by atoms with van der Waals surface area (Å²) in [5.74, 6) is 0. The van der Waals surface area contributed by atoms with Crippen molar-refractivity contribution in [2.24, 2.45) is 0 Å². The van der Waals surface area contributed by atoms with E-state index < -0.39 is 0 Å². The van der Waals surface area contributed by atoms with Crippen LogP contribution in [0.5, 0.6) is 0 Å². The van der Waals surface area contributed by atoms with Crippen LogP contribution in [0.25, 0.3) is 0 Å². The van der Waals surface area contributed by atoms with Gasteiger partial charge in [0.15, 0.2) is 0 Å². The van der Waals surface area contributed by atoms with Gasteiger partial charge in [0, 0.05) is 6.61 Å². The first-order valence-corrected chi connectivity index (χ1v) is 4.92. The third-order valence-electron chi connectivity index (χ3n) is 2.88. The maximum Gasteiger partial charge on any atom is 0.0904 e. The van der Waals surface area contributed by atoms with E-state index in [0.29, 0.717) is 0 Å². The Morgan fingerprint density at radius 3 is 2.46 bits per heavy atom. The quantitative estimate of drug-likeness (QED) is 0.639. The highest BCUT2D eigenvalue weighted by Gasteiger charge is 2.31. The molecule has 1 heteroatoms. The van der Waals surface area contributed by atoms with Gasteiger partial charge in [0.25, 0.3) is 0 Å². The third-order valence-corrected chi connectivity index (χ3v) is 2.88. The molecule has 1 saturated heterocycles. The maximum absolute atomic E-state index is 5.77. The molecule has 1 aliphatic heterocycles. The van der Waals surface area contributed by atoms with Gasteiger partial charge >= 0.3 is 0 Å². The van der Waals surface area contributed by atoms with Crippen LogP contribution in [-0.2, 0) is 10.3 Å². The second-order valence-corrected chi connectivity index (χ2v) is 4.05. The molecule has 0 spiro atoms. The predicted octanol–water partition coefficient (Wildman–Crippen LogP) is 3.02. The Labute approximate surface area is 79.7 Å². The minimum Gasteiger partial charge on any atom is -0.371 e. The molecule has 0 aromatic heterocycles. The molecule has 1 heterocycles. The molecule has 0 amide bonds. The third kappa shape index (κ3) is 1.61. The van der Waals surface area contributed by atoms with Crippen molar-refractivity contribution in [1.29, 1.82) is 0 Å². The first-order chi connectivity index (χ1) is 6.21. The smallest absolute Gasteiger partial charge is 0.0904 e. The summed E-state index contributed by atoms with van der Waals surface area (Å²) >= 11 is 0. The van der Waals surface area contributed by atoms with Crippen LogP contribution in [0, 0.1) is 6.92 Å². The zero-order valence-corrected chi connectivity index (χ0v) is 8.34. The Hall–Kier alpha value is -0.820. The molecular weight excluding hydrogens is 160 g/mol. The largest absolute Gasteiger partial charge is 0.371 e. The topological polar surface area (TPSA) is 9.23 Å². The SMILES string of the molecule is Cc1ccc(C2(C)CCCO2)cc1. The number of benzene rings is 1. The zero-order chi connectivity index (χ0) is 9.31. The molecule has 0 aliphatic carbocycles. The molecule has 1 unspecified atom stereocenters. The van der Waals surface area contributed by atoms with E-state index in [1.807, 2.05) is 0 Å². The van der Waals surface area contributed by atoms with Crippen LogP contribution < -0.4 is 0 Å². The second-order valence-electron chi connectivity index (χ2n) is 4.05. The summed E-state index contributed by atoms with van der Waals surface area (Å²) in [4.78, 5) is 0. The van der Waals surface area contributed by atoms with Crippen molar-refractivity contribution >= 4 is 0 Å². The van der Waals surface area contributed by atoms with E-state index in [0.717, 1.165) is 13.0 Å². The van der Waals surface area contributed by atoms with Gasteiger partial charge in [-0.1, -0.05) is 29.8 Å². The summed E-state index contributed by atoms with van der Waals surface area (Å²) in [5, 5.41) is 0. The molecule has 0 radical (unpaired) electrons. The van der Waals surface area contributed by atoms with Gasteiger partial charge in [-0.25, -0.2) is 0 Å².